The van der Waals surface area contributed by atoms with Gasteiger partial charge in [0.05, 0.1) is 25.4 Å². The lowest BCUT2D eigenvalue weighted by Crippen LogP contribution is -2.45. The highest BCUT2D eigenvalue weighted by Gasteiger charge is 2.20. The number of aliphatic hydroxyl groups excluding tert-OH is 2. The quantitative estimate of drug-likeness (QED) is 0.0320. The van der Waals surface area contributed by atoms with Crippen LogP contribution in [0.25, 0.3) is 0 Å². The first-order valence-corrected chi connectivity index (χ1v) is 37.2. The van der Waals surface area contributed by atoms with E-state index in [4.69, 9.17) is 4.74 Å². The molecule has 0 aliphatic rings. The smallest absolute Gasteiger partial charge is 0.305 e. The lowest BCUT2D eigenvalue weighted by molar-refractivity contribution is -0.143. The zero-order valence-corrected chi connectivity index (χ0v) is 55.5. The first-order chi connectivity index (χ1) is 40.5. The first kappa shape index (κ1) is 80.1. The van der Waals surface area contributed by atoms with Gasteiger partial charge in [0, 0.05) is 12.8 Å². The van der Waals surface area contributed by atoms with Gasteiger partial charge in [0.15, 0.2) is 0 Å². The van der Waals surface area contributed by atoms with Crippen LogP contribution in [0, 0.1) is 0 Å². The second kappa shape index (κ2) is 71.6. The van der Waals surface area contributed by atoms with Crippen molar-refractivity contribution in [2.75, 3.05) is 13.2 Å². The Morgan fingerprint density at radius 1 is 0.341 bits per heavy atom. The molecule has 0 spiro atoms. The summed E-state index contributed by atoms with van der Waals surface area (Å²) in [5.74, 6) is -0.0183. The van der Waals surface area contributed by atoms with Crippen molar-refractivity contribution in [1.29, 1.82) is 0 Å². The maximum absolute atomic E-state index is 12.5. The lowest BCUT2D eigenvalue weighted by Gasteiger charge is -2.22. The molecule has 0 aromatic carbocycles. The summed E-state index contributed by atoms with van der Waals surface area (Å²) in [6.45, 7) is 4.96. The van der Waals surface area contributed by atoms with Gasteiger partial charge in [0.25, 0.3) is 0 Å². The third-order valence-electron chi connectivity index (χ3n) is 17.4. The van der Waals surface area contributed by atoms with E-state index in [0.29, 0.717) is 25.9 Å². The van der Waals surface area contributed by atoms with Crippen LogP contribution in [0.4, 0.5) is 0 Å². The fraction of sp³-hybridized carbons (Fsp3) is 0.895. The lowest BCUT2D eigenvalue weighted by atomic mass is 10.0. The van der Waals surface area contributed by atoms with E-state index in [2.05, 4.69) is 55.6 Å². The second-order valence-corrected chi connectivity index (χ2v) is 25.6. The van der Waals surface area contributed by atoms with Crippen molar-refractivity contribution in [3.8, 4) is 0 Å². The number of aliphatic hydroxyl groups is 2. The van der Waals surface area contributed by atoms with E-state index < -0.39 is 12.1 Å². The number of amides is 1. The summed E-state index contributed by atoms with van der Waals surface area (Å²) in [7, 11) is 0. The maximum Gasteiger partial charge on any atom is 0.305 e. The number of nitrogens with one attached hydrogen (secondary N) is 1. The summed E-state index contributed by atoms with van der Waals surface area (Å²) in [5, 5.41) is 23.3. The number of unbranched alkanes of at least 4 members (excludes halogenated alkanes) is 53. The van der Waals surface area contributed by atoms with Gasteiger partial charge >= 0.3 is 5.97 Å². The van der Waals surface area contributed by atoms with Crippen LogP contribution in [0.15, 0.2) is 36.5 Å². The molecule has 0 saturated carbocycles. The molecule has 0 fully saturated rings. The molecule has 0 aromatic rings. The summed E-state index contributed by atoms with van der Waals surface area (Å²) < 4.78 is 5.49. The molecular weight excluding hydrogens is 1010 g/mol. The van der Waals surface area contributed by atoms with E-state index in [-0.39, 0.29) is 18.5 Å². The zero-order chi connectivity index (χ0) is 59.2. The summed E-state index contributed by atoms with van der Waals surface area (Å²) in [5.41, 5.74) is 0. The van der Waals surface area contributed by atoms with Crippen molar-refractivity contribution in [1.82, 2.24) is 5.32 Å². The molecule has 82 heavy (non-hydrogen) atoms. The molecule has 6 heteroatoms. The Balaban J connectivity index is 3.34. The van der Waals surface area contributed by atoms with E-state index in [1.807, 2.05) is 0 Å². The first-order valence-electron chi connectivity index (χ1n) is 37.2. The number of esters is 1. The number of ether oxygens (including phenoxy) is 1. The molecule has 0 aliphatic heterocycles. The number of carbonyl (C=O) groups is 2. The van der Waals surface area contributed by atoms with Gasteiger partial charge in [-0.1, -0.05) is 352 Å². The van der Waals surface area contributed by atoms with Crippen LogP contribution in [-0.4, -0.2) is 47.4 Å². The minimum absolute atomic E-state index is 0.0121. The normalized spacial score (nSPS) is 12.7. The predicted octanol–water partition coefficient (Wildman–Crippen LogP) is 24.3. The van der Waals surface area contributed by atoms with Crippen molar-refractivity contribution in [2.45, 2.75) is 424 Å². The van der Waals surface area contributed by atoms with Crippen molar-refractivity contribution in [3.63, 3.8) is 0 Å². The number of rotatable bonds is 70. The Labute approximate surface area is 513 Å². The molecule has 0 aromatic heterocycles. The molecule has 0 heterocycles. The van der Waals surface area contributed by atoms with Crippen molar-refractivity contribution >= 4 is 11.9 Å². The van der Waals surface area contributed by atoms with Crippen LogP contribution in [0.2, 0.25) is 0 Å². The van der Waals surface area contributed by atoms with Crippen LogP contribution in [0.3, 0.4) is 0 Å². The number of hydrogen-bond acceptors (Lipinski definition) is 5. The van der Waals surface area contributed by atoms with Gasteiger partial charge < -0.3 is 20.3 Å². The fourth-order valence-electron chi connectivity index (χ4n) is 11.7. The molecule has 484 valence electrons. The predicted molar refractivity (Wildman–Crippen MR) is 361 cm³/mol. The summed E-state index contributed by atoms with van der Waals surface area (Å²) in [6, 6.07) is -0.538. The third-order valence-corrected chi connectivity index (χ3v) is 17.4. The summed E-state index contributed by atoms with van der Waals surface area (Å²) in [6.07, 6.45) is 92.3. The van der Waals surface area contributed by atoms with E-state index in [0.717, 1.165) is 51.4 Å². The van der Waals surface area contributed by atoms with E-state index in [1.54, 1.807) is 0 Å². The van der Waals surface area contributed by atoms with Gasteiger partial charge in [-0.15, -0.1) is 0 Å². The van der Waals surface area contributed by atoms with Crippen LogP contribution >= 0.6 is 0 Å². The standard InChI is InChI=1S/C76H145NO5/c1-3-5-7-9-11-13-15-17-46-50-54-58-62-66-70-76(81)82-71-67-63-59-55-51-47-44-42-40-38-36-34-32-30-28-26-24-22-20-18-19-21-23-25-27-29-31-33-35-37-39-41-43-45-49-53-57-61-65-69-75(80)77-73(72-78)74(79)68-64-60-56-52-48-16-14-12-10-8-6-4-2/h15,17-19,22,24,73-74,78-79H,3-14,16,20-21,23,25-72H2,1-2H3,(H,77,80)/b17-15-,19-18-,24-22-. The van der Waals surface area contributed by atoms with Gasteiger partial charge in [-0.2, -0.15) is 0 Å². The number of hydrogen-bond donors (Lipinski definition) is 3. The van der Waals surface area contributed by atoms with Gasteiger partial charge in [0.1, 0.15) is 0 Å². The molecule has 6 nitrogen and oxygen atoms in total. The molecule has 3 N–H and O–H groups in total. The van der Waals surface area contributed by atoms with Gasteiger partial charge in [-0.05, 0) is 83.5 Å². The Morgan fingerprint density at radius 2 is 0.610 bits per heavy atom. The molecule has 0 radical (unpaired) electrons. The highest BCUT2D eigenvalue weighted by molar-refractivity contribution is 5.76. The largest absolute Gasteiger partial charge is 0.466 e. The molecule has 2 atom stereocenters. The highest BCUT2D eigenvalue weighted by atomic mass is 16.5. The van der Waals surface area contributed by atoms with E-state index >= 15 is 0 Å². The minimum atomic E-state index is -0.661. The van der Waals surface area contributed by atoms with Crippen molar-refractivity contribution < 1.29 is 24.5 Å². The third kappa shape index (κ3) is 67.2. The average Bonchev–Trinajstić information content (AvgIpc) is 3.48. The average molecular weight is 1150 g/mol. The van der Waals surface area contributed by atoms with Crippen molar-refractivity contribution in [3.05, 3.63) is 36.5 Å². The van der Waals surface area contributed by atoms with Gasteiger partial charge in [-0.25, -0.2) is 0 Å². The Kier molecular flexibility index (Phi) is 69.9. The Morgan fingerprint density at radius 3 is 0.939 bits per heavy atom. The maximum atomic E-state index is 12.5. The van der Waals surface area contributed by atoms with Gasteiger partial charge in [-0.3, -0.25) is 9.59 Å². The number of carbonyl (C=O) groups excluding carboxylic acids is 2. The summed E-state index contributed by atoms with van der Waals surface area (Å²) >= 11 is 0. The topological polar surface area (TPSA) is 95.9 Å². The molecule has 0 rings (SSSR count). The van der Waals surface area contributed by atoms with Crippen LogP contribution in [0.1, 0.15) is 412 Å². The molecular formula is C76H145NO5. The minimum Gasteiger partial charge on any atom is -0.466 e. The molecule has 0 bridgehead atoms. The SMILES string of the molecule is CCCCCCC/C=C\CCCCCCCC(=O)OCCCCCCCCCCCCCCCCC/C=C\C/C=C\CCCCCCCCCCCCCCCCCCCC(=O)NC(CO)C(O)CCCCCCCCCCCCCC. The zero-order valence-electron chi connectivity index (χ0n) is 55.5. The molecule has 0 saturated heterocycles. The summed E-state index contributed by atoms with van der Waals surface area (Å²) in [4.78, 5) is 24.5. The van der Waals surface area contributed by atoms with Crippen LogP contribution in [-0.2, 0) is 14.3 Å². The molecule has 1 amide bonds. The van der Waals surface area contributed by atoms with E-state index in [1.165, 1.54) is 327 Å². The second-order valence-electron chi connectivity index (χ2n) is 25.6. The fourth-order valence-corrected chi connectivity index (χ4v) is 11.7. The Bertz CT molecular complexity index is 1330. The Hall–Kier alpha value is -1.92. The van der Waals surface area contributed by atoms with Crippen molar-refractivity contribution in [2.24, 2.45) is 0 Å². The van der Waals surface area contributed by atoms with Crippen LogP contribution < -0.4 is 5.32 Å². The molecule has 0 aliphatic carbocycles. The highest BCUT2D eigenvalue weighted by Crippen LogP contribution is 2.19. The monoisotopic (exact) mass is 1150 g/mol. The molecule has 2 unspecified atom stereocenters. The van der Waals surface area contributed by atoms with Crippen LogP contribution in [0.5, 0.6) is 0 Å². The number of allylic oxidation sites excluding steroid dienone is 6. The van der Waals surface area contributed by atoms with Gasteiger partial charge in [0.2, 0.25) is 5.91 Å². The van der Waals surface area contributed by atoms with E-state index in [9.17, 15) is 19.8 Å².